The molecule has 35 nitrogen and oxygen atoms in total. The highest BCUT2D eigenvalue weighted by Gasteiger charge is 2.79. The first-order valence-corrected chi connectivity index (χ1v) is 44.6. The monoisotopic (exact) mass is 1760 g/mol. The molecule has 0 bridgehead atoms. The van der Waals surface area contributed by atoms with E-state index in [4.69, 9.17) is 14.2 Å². The fourth-order valence-electron chi connectivity index (χ4n) is 19.2. The van der Waals surface area contributed by atoms with Gasteiger partial charge in [-0.05, 0) is 122 Å². The van der Waals surface area contributed by atoms with Crippen molar-refractivity contribution < 1.29 is 112 Å². The summed E-state index contributed by atoms with van der Waals surface area (Å²) in [6, 6.07) is 15.9. The molecule has 17 N–H and O–H groups in total. The lowest BCUT2D eigenvalue weighted by Gasteiger charge is -2.63. The number of hydrogen-bond acceptors (Lipinski definition) is 25. The Bertz CT molecular complexity index is 4810. The summed E-state index contributed by atoms with van der Waals surface area (Å²) in [6.45, 7) is 7.68. The summed E-state index contributed by atoms with van der Waals surface area (Å²) in [4.78, 5) is 182. The number of benzene rings is 4. The van der Waals surface area contributed by atoms with Crippen LogP contribution < -0.4 is 57.7 Å². The van der Waals surface area contributed by atoms with Crippen LogP contribution in [0.15, 0.2) is 97.1 Å². The van der Waals surface area contributed by atoms with E-state index in [9.17, 15) is 88.5 Å². The number of nitrogens with one attached hydrogen (secondary N) is 10. The van der Waals surface area contributed by atoms with Crippen LogP contribution in [-0.2, 0) is 84.3 Å². The predicted octanol–water partition coefficient (Wildman–Crippen LogP) is 3.46. The Balaban J connectivity index is 0.772. The van der Waals surface area contributed by atoms with Crippen molar-refractivity contribution in [3.05, 3.63) is 131 Å². The van der Waals surface area contributed by atoms with Crippen molar-refractivity contribution in [1.82, 2.24) is 58.0 Å². The minimum Gasteiger partial charge on any atom is -0.496 e. The van der Waals surface area contributed by atoms with Gasteiger partial charge in [-0.1, -0.05) is 121 Å². The van der Waals surface area contributed by atoms with Crippen LogP contribution in [0.4, 0.5) is 10.5 Å². The molecule has 5 heterocycles. The highest BCUT2D eigenvalue weighted by molar-refractivity contribution is 8.76. The quantitative estimate of drug-likeness (QED) is 0.00884. The average molecular weight is 1760 g/mol. The molecule has 123 heavy (non-hydrogen) atoms. The number of nitrogens with zero attached hydrogens (tertiary/aromatic N) is 2. The third-order valence-corrected chi connectivity index (χ3v) is 28.5. The first-order chi connectivity index (χ1) is 58.7. The Morgan fingerprint density at radius 3 is 1.91 bits per heavy atom. The summed E-state index contributed by atoms with van der Waals surface area (Å²) in [5.74, 6) is -14.8. The normalized spacial score (nSPS) is 23.1. The molecule has 8 amide bonds. The standard InChI is InChI=1S/C85H108N12O23S3/c1-8-81(116,9-2)41-47-24-28-83(79(114)119-7,69-53(25-30-86-42-47)52-22-15-16-23-57(52)89-69)56-36-55-63(40-64(56)118-6)96(5)76-84(55)29-32-97-31-17-27-82(10-3,75(84)97)77(112)85(76,117)78(113)94-95-80(115)120-33-35-122-123-45-62(74(110)111)93-73(109)61(43-87-65(99)26-34-121-44-54-50-20-13-11-18-48(50)49-19-12-14-21-51(49)54)92-72(108)60(39-68(104)105)91-71(107)59(38-67(102)103)90-70(106)58(37-66(100)101)88-46(4)98/h11-23,27,36,40,47,54,58-62,75-77,86,89,112,116-117H,8-10,24-26,28-35,37-39,41-45H2,1-7H3,(H,87,99)(H,88,98)(H,90,106)(H,91,107)(H,92,108)(H,93,109)(H,94,113)(H,95,115)(H,100,101)(H,102,103)(H,104,105)(H,110,111)/t47-,58-,59-,60-,61-,62-,75-,76+,77+,82+,83-,84+,85-/m0/s1. The van der Waals surface area contributed by atoms with Gasteiger partial charge < -0.3 is 97.1 Å². The van der Waals surface area contributed by atoms with Gasteiger partial charge in [-0.15, -0.1) is 0 Å². The smallest absolute Gasteiger partial charge is 0.426 e. The number of hydrazine groups is 1. The molecule has 11 rings (SSSR count). The van der Waals surface area contributed by atoms with Crippen LogP contribution in [0.3, 0.4) is 0 Å². The van der Waals surface area contributed by atoms with Gasteiger partial charge in [-0.25, -0.2) is 15.0 Å². The van der Waals surface area contributed by atoms with E-state index >= 15 is 9.59 Å². The number of methoxy groups -OCH3 is 2. The number of hydrogen-bond donors (Lipinski definition) is 17. The van der Waals surface area contributed by atoms with E-state index in [0.29, 0.717) is 98.7 Å². The second-order valence-corrected chi connectivity index (χ2v) is 35.9. The van der Waals surface area contributed by atoms with Gasteiger partial charge in [0.05, 0.1) is 45.1 Å². The molecule has 6 aliphatic rings. The molecule has 38 heteroatoms. The zero-order valence-electron chi connectivity index (χ0n) is 69.3. The number of H-pyrrole nitrogens is 1. The van der Waals surface area contributed by atoms with E-state index in [0.717, 1.165) is 67.2 Å². The Labute approximate surface area is 722 Å². The van der Waals surface area contributed by atoms with Crippen molar-refractivity contribution in [1.29, 1.82) is 0 Å². The van der Waals surface area contributed by atoms with E-state index in [1.165, 1.54) is 26.0 Å². The van der Waals surface area contributed by atoms with E-state index in [1.807, 2.05) is 128 Å². The first kappa shape index (κ1) is 93.2. The minimum absolute atomic E-state index is 0.0125. The molecule has 0 unspecified atom stereocenters. The number of aromatic nitrogens is 1. The van der Waals surface area contributed by atoms with Crippen molar-refractivity contribution in [2.24, 2.45) is 11.3 Å². The highest BCUT2D eigenvalue weighted by Crippen LogP contribution is 2.68. The van der Waals surface area contributed by atoms with Crippen molar-refractivity contribution in [2.45, 2.75) is 181 Å². The number of aromatic amines is 1. The molecule has 664 valence electrons. The van der Waals surface area contributed by atoms with Crippen molar-refractivity contribution in [2.75, 3.05) is 88.5 Å². The van der Waals surface area contributed by atoms with Crippen molar-refractivity contribution in [3.8, 4) is 16.9 Å². The van der Waals surface area contributed by atoms with Crippen LogP contribution >= 0.6 is 33.3 Å². The number of carbonyl (C=O) groups is 13. The summed E-state index contributed by atoms with van der Waals surface area (Å²) in [5, 5.41) is 95.9. The SMILES string of the molecule is CCC(O)(CC)C[C@@H]1CC[C@](C(=O)OC)(c2cc3c(cc2OC)N(C)[C@H]2[C@@](O)(C(=O)NNC(=O)OCCSSC[C@H](NC(=O)[C@H](CNC(=O)CCSCC4c5ccccc5-c5ccccc54)NC(=O)[C@H](CC(=O)O)NC(=O)[C@H](CC(=O)O)NC(=O)[C@H](CC(=O)O)NC(C)=O)C(=O)O)[C@H](O)[C@]4(CC)C=CCN5CC[C@]32[C@@H]54)c2[nH]c3ccccc3c2CCNC1. The van der Waals surface area contributed by atoms with E-state index in [1.54, 1.807) is 11.9 Å². The Morgan fingerprint density at radius 2 is 1.31 bits per heavy atom. The number of fused-ring (bicyclic) bond motifs is 7. The van der Waals surface area contributed by atoms with Crippen LogP contribution in [0.1, 0.15) is 138 Å². The van der Waals surface area contributed by atoms with E-state index in [2.05, 4.69) is 47.3 Å². The number of aliphatic hydroxyl groups excluding tert-OH is 1. The second kappa shape index (κ2) is 40.0. The molecule has 1 spiro atoms. The topological polar surface area (TPSA) is 522 Å². The zero-order chi connectivity index (χ0) is 89.0. The molecule has 4 aromatic carbocycles. The molecule has 13 atom stereocenters. The molecular weight excluding hydrogens is 1650 g/mol. The number of amides is 8. The van der Waals surface area contributed by atoms with Gasteiger partial charge in [-0.3, -0.25) is 63.1 Å². The number of thioether (sulfide) groups is 1. The molecule has 2 fully saturated rings. The van der Waals surface area contributed by atoms with Gasteiger partial charge >= 0.3 is 35.9 Å². The number of rotatable bonds is 38. The number of carboxylic acids is 4. The van der Waals surface area contributed by atoms with Gasteiger partial charge in [0, 0.05) is 113 Å². The summed E-state index contributed by atoms with van der Waals surface area (Å²) < 4.78 is 17.9. The second-order valence-electron chi connectivity index (χ2n) is 32.1. The number of aliphatic hydroxyl groups is 3. The molecule has 4 aliphatic heterocycles. The summed E-state index contributed by atoms with van der Waals surface area (Å²) >= 11 is 1.47. The summed E-state index contributed by atoms with van der Waals surface area (Å²) in [7, 11) is 6.43. The highest BCUT2D eigenvalue weighted by atomic mass is 33.1. The van der Waals surface area contributed by atoms with Crippen LogP contribution in [0, 0.1) is 11.3 Å². The minimum atomic E-state index is -2.74. The lowest BCUT2D eigenvalue weighted by Crippen LogP contribution is -2.82. The van der Waals surface area contributed by atoms with Gasteiger partial charge in [0.15, 0.2) is 5.60 Å². The number of esters is 1. The fraction of sp³-hybridized carbons (Fsp3) is 0.518. The van der Waals surface area contributed by atoms with Gasteiger partial charge in [0.1, 0.15) is 54.1 Å². The van der Waals surface area contributed by atoms with Crippen LogP contribution in [0.5, 0.6) is 5.75 Å². The zero-order valence-corrected chi connectivity index (χ0v) is 71.8. The lowest BCUT2D eigenvalue weighted by molar-refractivity contribution is -0.204. The Kier molecular flexibility index (Phi) is 30.3. The maximum Gasteiger partial charge on any atom is 0.426 e. The number of anilines is 1. The van der Waals surface area contributed by atoms with E-state index < -0.39 is 185 Å². The predicted molar refractivity (Wildman–Crippen MR) is 456 cm³/mol. The van der Waals surface area contributed by atoms with Crippen LogP contribution in [0.25, 0.3) is 22.0 Å². The number of aliphatic carboxylic acids is 4. The van der Waals surface area contributed by atoms with Gasteiger partial charge in [0.2, 0.25) is 35.4 Å². The van der Waals surface area contributed by atoms with Gasteiger partial charge in [0.25, 0.3) is 5.91 Å². The molecule has 1 saturated carbocycles. The molecule has 1 aromatic heterocycles. The Morgan fingerprint density at radius 1 is 0.707 bits per heavy atom. The molecular formula is C85H108N12O23S3. The maximum absolute atomic E-state index is 15.7. The largest absolute Gasteiger partial charge is 0.496 e. The van der Waals surface area contributed by atoms with Crippen molar-refractivity contribution >= 4 is 127 Å². The molecule has 0 radical (unpaired) electrons. The number of carbonyl (C=O) groups excluding carboxylic acids is 9. The third-order valence-electron chi connectivity index (χ3n) is 25.0. The molecule has 5 aromatic rings. The number of carboxylic acid groups (broad SMARTS) is 4. The summed E-state index contributed by atoms with van der Waals surface area (Å²) in [6.07, 6.45) is 0.405. The molecule has 1 saturated heterocycles. The average Bonchev–Trinajstić information content (AvgIpc) is 1.50. The van der Waals surface area contributed by atoms with Crippen LogP contribution in [-0.4, -0.2) is 266 Å². The van der Waals surface area contributed by atoms with Crippen molar-refractivity contribution in [3.63, 3.8) is 0 Å². The molecule has 2 aliphatic carbocycles. The first-order valence-electron chi connectivity index (χ1n) is 41.0. The fourth-order valence-corrected chi connectivity index (χ4v) is 22.3. The van der Waals surface area contributed by atoms with E-state index in [-0.39, 0.29) is 49.2 Å². The third kappa shape index (κ3) is 19.4. The maximum atomic E-state index is 15.7. The lowest BCUT2D eigenvalue weighted by atomic mass is 9.47. The number of ether oxygens (including phenoxy) is 3. The summed E-state index contributed by atoms with van der Waals surface area (Å²) in [5.41, 5.74) is 5.22. The van der Waals surface area contributed by atoms with Crippen LogP contribution in [0.2, 0.25) is 0 Å². The number of likely N-dealkylation sites (N-methyl/N-ethyl adjacent to an activating group) is 1. The number of para-hydroxylation sites is 1. The Hall–Kier alpha value is -10.5. The van der Waals surface area contributed by atoms with Gasteiger partial charge in [-0.2, -0.15) is 11.8 Å².